The molecule has 2 saturated heterocycles. The number of sulfonamides is 1. The van der Waals surface area contributed by atoms with Crippen LogP contribution in [0.3, 0.4) is 0 Å². The predicted octanol–water partition coefficient (Wildman–Crippen LogP) is 2.50. The zero-order valence-corrected chi connectivity index (χ0v) is 18.0. The maximum atomic E-state index is 13.0. The van der Waals surface area contributed by atoms with Crippen molar-refractivity contribution in [3.8, 4) is 0 Å². The Hall–Kier alpha value is -2.22. The molecule has 2 fully saturated rings. The Balaban J connectivity index is 1.37. The largest absolute Gasteiger partial charge is 0.338 e. The number of amides is 1. The number of nitrogens with zero attached hydrogens (tertiary/aromatic N) is 2. The summed E-state index contributed by atoms with van der Waals surface area (Å²) in [6.07, 6.45) is 4.40. The highest BCUT2D eigenvalue weighted by Crippen LogP contribution is 2.39. The molecular weight excluding hydrogens is 398 g/mol. The van der Waals surface area contributed by atoms with E-state index < -0.39 is 10.0 Å². The molecule has 0 aromatic heterocycles. The summed E-state index contributed by atoms with van der Waals surface area (Å²) in [5.74, 6) is -0.0331. The van der Waals surface area contributed by atoms with Crippen LogP contribution in [0.2, 0.25) is 0 Å². The van der Waals surface area contributed by atoms with Crippen molar-refractivity contribution in [3.63, 3.8) is 0 Å². The lowest BCUT2D eigenvalue weighted by molar-refractivity contribution is 0.0692. The van der Waals surface area contributed by atoms with Crippen LogP contribution in [0, 0.1) is 5.41 Å². The lowest BCUT2D eigenvalue weighted by Gasteiger charge is -2.40. The number of piperidine rings is 1. The molecule has 160 valence electrons. The van der Waals surface area contributed by atoms with Crippen LogP contribution in [0.25, 0.3) is 0 Å². The number of carbonyl (C=O) groups excluding carboxylic acids is 1. The number of hydrogen-bond acceptors (Lipinski definition) is 4. The fraction of sp³-hybridized carbons (Fsp3) is 0.435. The van der Waals surface area contributed by atoms with E-state index in [-0.39, 0.29) is 16.2 Å². The number of rotatable bonds is 5. The van der Waals surface area contributed by atoms with Gasteiger partial charge in [0.25, 0.3) is 5.91 Å². The van der Waals surface area contributed by atoms with E-state index in [9.17, 15) is 13.2 Å². The van der Waals surface area contributed by atoms with Gasteiger partial charge in [0, 0.05) is 37.2 Å². The summed E-state index contributed by atoms with van der Waals surface area (Å²) in [6, 6.07) is 16.5. The smallest absolute Gasteiger partial charge is 0.253 e. The minimum absolute atomic E-state index is 0.0262. The van der Waals surface area contributed by atoms with Crippen LogP contribution in [-0.2, 0) is 16.4 Å². The molecule has 4 rings (SSSR count). The first-order valence-corrected chi connectivity index (χ1v) is 12.1. The molecule has 2 aliphatic rings. The van der Waals surface area contributed by atoms with E-state index in [0.29, 0.717) is 5.56 Å². The number of nitrogens with two attached hydrogens (primary N) is 1. The molecule has 0 bridgehead atoms. The third-order valence-electron chi connectivity index (χ3n) is 6.46. The first-order valence-electron chi connectivity index (χ1n) is 10.5. The van der Waals surface area contributed by atoms with Crippen molar-refractivity contribution in [3.05, 3.63) is 65.7 Å². The topological polar surface area (TPSA) is 83.7 Å². The number of primary sulfonamides is 1. The van der Waals surface area contributed by atoms with Gasteiger partial charge in [-0.05, 0) is 62.1 Å². The van der Waals surface area contributed by atoms with Crippen LogP contribution in [-0.4, -0.2) is 56.8 Å². The summed E-state index contributed by atoms with van der Waals surface area (Å²) in [4.78, 5) is 17.5. The Morgan fingerprint density at radius 3 is 2.40 bits per heavy atom. The van der Waals surface area contributed by atoms with Crippen LogP contribution in [0.15, 0.2) is 59.5 Å². The molecule has 1 spiro atoms. The van der Waals surface area contributed by atoms with Crippen LogP contribution >= 0.6 is 0 Å². The second-order valence-corrected chi connectivity index (χ2v) is 10.2. The zero-order valence-electron chi connectivity index (χ0n) is 17.2. The molecule has 6 nitrogen and oxygen atoms in total. The van der Waals surface area contributed by atoms with Gasteiger partial charge in [-0.25, -0.2) is 13.6 Å². The fourth-order valence-electron chi connectivity index (χ4n) is 4.84. The molecule has 0 unspecified atom stereocenters. The standard InChI is InChI=1S/C23H29N3O3S/c24-30(28,29)21-9-7-20(8-10-21)22(27)26-16-13-23(18-26)12-4-14-25(17-23)15-11-19-5-2-1-3-6-19/h1-3,5-10H,4,11-18H2,(H2,24,28,29)/t23-/m0/s1. The minimum Gasteiger partial charge on any atom is -0.338 e. The maximum absolute atomic E-state index is 13.0. The van der Waals surface area contributed by atoms with Crippen LogP contribution < -0.4 is 5.14 Å². The molecule has 2 aromatic carbocycles. The van der Waals surface area contributed by atoms with Crippen molar-refractivity contribution in [2.45, 2.75) is 30.6 Å². The Bertz CT molecular complexity index is 992. The number of hydrogen-bond donors (Lipinski definition) is 1. The summed E-state index contributed by atoms with van der Waals surface area (Å²) in [5, 5.41) is 5.15. The maximum Gasteiger partial charge on any atom is 0.253 e. The van der Waals surface area contributed by atoms with Crippen molar-refractivity contribution < 1.29 is 13.2 Å². The molecule has 0 aliphatic carbocycles. The van der Waals surface area contributed by atoms with E-state index in [4.69, 9.17) is 5.14 Å². The predicted molar refractivity (Wildman–Crippen MR) is 117 cm³/mol. The van der Waals surface area contributed by atoms with Gasteiger partial charge in [0.15, 0.2) is 0 Å². The Labute approximate surface area is 178 Å². The van der Waals surface area contributed by atoms with Crippen LogP contribution in [0.1, 0.15) is 35.2 Å². The van der Waals surface area contributed by atoms with Crippen molar-refractivity contribution >= 4 is 15.9 Å². The molecule has 2 aromatic rings. The van der Waals surface area contributed by atoms with Crippen molar-refractivity contribution in [1.29, 1.82) is 0 Å². The Morgan fingerprint density at radius 1 is 0.967 bits per heavy atom. The highest BCUT2D eigenvalue weighted by atomic mass is 32.2. The lowest BCUT2D eigenvalue weighted by Crippen LogP contribution is -2.46. The van der Waals surface area contributed by atoms with Gasteiger partial charge < -0.3 is 9.80 Å². The van der Waals surface area contributed by atoms with Gasteiger partial charge in [0.1, 0.15) is 0 Å². The molecule has 30 heavy (non-hydrogen) atoms. The molecule has 0 saturated carbocycles. The number of benzene rings is 2. The van der Waals surface area contributed by atoms with Gasteiger partial charge in [-0.1, -0.05) is 30.3 Å². The lowest BCUT2D eigenvalue weighted by atomic mass is 9.79. The van der Waals surface area contributed by atoms with Gasteiger partial charge >= 0.3 is 0 Å². The van der Waals surface area contributed by atoms with E-state index in [1.807, 2.05) is 11.0 Å². The van der Waals surface area contributed by atoms with Gasteiger partial charge in [-0.2, -0.15) is 0 Å². The van der Waals surface area contributed by atoms with E-state index in [0.717, 1.165) is 52.0 Å². The average molecular weight is 428 g/mol. The molecule has 7 heteroatoms. The summed E-state index contributed by atoms with van der Waals surface area (Å²) in [6.45, 7) is 4.73. The normalized spacial score (nSPS) is 22.5. The molecule has 1 atom stereocenters. The van der Waals surface area contributed by atoms with Gasteiger partial charge in [0.2, 0.25) is 10.0 Å². The van der Waals surface area contributed by atoms with Crippen molar-refractivity contribution in [2.24, 2.45) is 10.6 Å². The summed E-state index contributed by atoms with van der Waals surface area (Å²) in [7, 11) is -3.75. The van der Waals surface area contributed by atoms with Crippen LogP contribution in [0.4, 0.5) is 0 Å². The monoisotopic (exact) mass is 427 g/mol. The third-order valence-corrected chi connectivity index (χ3v) is 7.38. The van der Waals surface area contributed by atoms with Gasteiger partial charge in [0.05, 0.1) is 4.90 Å². The fourth-order valence-corrected chi connectivity index (χ4v) is 5.36. The summed E-state index contributed by atoms with van der Waals surface area (Å²) < 4.78 is 22.8. The van der Waals surface area contributed by atoms with E-state index >= 15 is 0 Å². The number of likely N-dealkylation sites (tertiary alicyclic amines) is 2. The van der Waals surface area contributed by atoms with Crippen LogP contribution in [0.5, 0.6) is 0 Å². The van der Waals surface area contributed by atoms with E-state index in [2.05, 4.69) is 29.2 Å². The highest BCUT2D eigenvalue weighted by molar-refractivity contribution is 7.89. The summed E-state index contributed by atoms with van der Waals surface area (Å²) in [5.41, 5.74) is 2.05. The molecule has 0 radical (unpaired) electrons. The van der Waals surface area contributed by atoms with E-state index in [1.54, 1.807) is 12.1 Å². The SMILES string of the molecule is NS(=O)(=O)c1ccc(C(=O)N2CC[C@]3(CCCN(CCc4ccccc4)C3)C2)cc1. The molecule has 2 heterocycles. The van der Waals surface area contributed by atoms with Crippen molar-refractivity contribution in [2.75, 3.05) is 32.7 Å². The van der Waals surface area contributed by atoms with Gasteiger partial charge in [-0.3, -0.25) is 4.79 Å². The first-order chi connectivity index (χ1) is 14.3. The second-order valence-electron chi connectivity index (χ2n) is 8.66. The van der Waals surface area contributed by atoms with E-state index in [1.165, 1.54) is 24.1 Å². The molecule has 2 N–H and O–H groups in total. The molecular formula is C23H29N3O3S. The highest BCUT2D eigenvalue weighted by Gasteiger charge is 2.42. The van der Waals surface area contributed by atoms with Gasteiger partial charge in [-0.15, -0.1) is 0 Å². The average Bonchev–Trinajstić information content (AvgIpc) is 3.15. The quantitative estimate of drug-likeness (QED) is 0.795. The zero-order chi connectivity index (χ0) is 21.2. The Morgan fingerprint density at radius 2 is 1.70 bits per heavy atom. The molecule has 2 aliphatic heterocycles. The molecule has 1 amide bonds. The second kappa shape index (κ2) is 8.49. The third kappa shape index (κ3) is 4.74. The minimum atomic E-state index is -3.75. The number of carbonyl (C=O) groups is 1. The van der Waals surface area contributed by atoms with Crippen molar-refractivity contribution in [1.82, 2.24) is 9.80 Å². The summed E-state index contributed by atoms with van der Waals surface area (Å²) >= 11 is 0. The Kier molecular flexibility index (Phi) is 5.95. The first kappa shape index (κ1) is 21.0.